The molecule has 0 fully saturated rings. The number of pyridine rings is 4. The summed E-state index contributed by atoms with van der Waals surface area (Å²) in [6, 6.07) is 11.2. The number of imidazole rings is 4. The fraction of sp³-hybridized carbons (Fsp3) is 0.100. The van der Waals surface area contributed by atoms with E-state index in [1.54, 1.807) is 70.8 Å². The lowest BCUT2D eigenvalue weighted by Gasteiger charge is -2.00. The van der Waals surface area contributed by atoms with Crippen LogP contribution < -0.4 is 22.2 Å². The number of aromatic carboxylic acids is 4. The number of hydrogen-bond donors (Lipinski definition) is 8. The number of hydrogen-bond acceptors (Lipinski definition) is 12. The molecule has 360 valence electrons. The lowest BCUT2D eigenvalue weighted by Crippen LogP contribution is -2.17. The number of halogens is 4. The molecular formula is C40H40Br2Cl2N12O12. The number of rotatable bonds is 8. The van der Waals surface area contributed by atoms with Crippen LogP contribution in [0.1, 0.15) is 64.7 Å². The van der Waals surface area contributed by atoms with Crippen molar-refractivity contribution in [1.29, 1.82) is 0 Å². The van der Waals surface area contributed by atoms with Crippen LogP contribution in [0.5, 0.6) is 0 Å². The zero-order valence-electron chi connectivity index (χ0n) is 35.5. The van der Waals surface area contributed by atoms with Crippen molar-refractivity contribution in [3.05, 3.63) is 186 Å². The highest BCUT2D eigenvalue weighted by Gasteiger charge is 2.11. The van der Waals surface area contributed by atoms with Crippen molar-refractivity contribution in [2.45, 2.75) is 27.7 Å². The number of carboxylic acids is 4. The van der Waals surface area contributed by atoms with Gasteiger partial charge >= 0.3 is 23.9 Å². The summed E-state index contributed by atoms with van der Waals surface area (Å²) in [5.41, 5.74) is 2.09. The minimum atomic E-state index is -1.16. The fourth-order valence-corrected chi connectivity index (χ4v) is 5.39. The summed E-state index contributed by atoms with van der Waals surface area (Å²) in [6.45, 7) is 7.21. The highest BCUT2D eigenvalue weighted by molar-refractivity contribution is 8.93. The van der Waals surface area contributed by atoms with Crippen molar-refractivity contribution in [2.24, 2.45) is 0 Å². The molecule has 0 radical (unpaired) electrons. The van der Waals surface area contributed by atoms with E-state index < -0.39 is 46.1 Å². The van der Waals surface area contributed by atoms with E-state index in [-0.39, 0.29) is 81.6 Å². The van der Waals surface area contributed by atoms with Crippen LogP contribution in [-0.2, 0) is 0 Å². The second kappa shape index (κ2) is 25.7. The molecule has 0 aromatic carbocycles. The van der Waals surface area contributed by atoms with Crippen LogP contribution in [0.15, 0.2) is 118 Å². The van der Waals surface area contributed by atoms with E-state index in [9.17, 15) is 38.4 Å². The van der Waals surface area contributed by atoms with Gasteiger partial charge in [-0.15, -0.1) is 58.8 Å². The monoisotopic (exact) mass is 1110 g/mol. The lowest BCUT2D eigenvalue weighted by molar-refractivity contribution is 0.0679. The van der Waals surface area contributed by atoms with E-state index in [0.717, 1.165) is 22.8 Å². The molecule has 0 atom stereocenters. The molecule has 8 heterocycles. The zero-order chi connectivity index (χ0) is 46.8. The minimum Gasteiger partial charge on any atom is -0.477 e. The molecule has 0 saturated heterocycles. The second-order valence-corrected chi connectivity index (χ2v) is 13.3. The largest absolute Gasteiger partial charge is 0.477 e. The van der Waals surface area contributed by atoms with E-state index in [4.69, 9.17) is 20.4 Å². The van der Waals surface area contributed by atoms with Crippen molar-refractivity contribution in [3.63, 3.8) is 0 Å². The van der Waals surface area contributed by atoms with Gasteiger partial charge in [0.15, 0.2) is 0 Å². The Bertz CT molecular complexity index is 2850. The summed E-state index contributed by atoms with van der Waals surface area (Å²) >= 11 is 0. The van der Waals surface area contributed by atoms with Gasteiger partial charge in [0.05, 0.1) is 48.1 Å². The number of aromatic amines is 4. The van der Waals surface area contributed by atoms with Crippen LogP contribution in [0.25, 0.3) is 22.7 Å². The highest BCUT2D eigenvalue weighted by atomic mass is 79.9. The van der Waals surface area contributed by atoms with Gasteiger partial charge in [-0.25, -0.2) is 39.1 Å². The topological polar surface area (TPSA) is 352 Å². The molecule has 8 N–H and O–H groups in total. The van der Waals surface area contributed by atoms with Gasteiger partial charge in [0.1, 0.15) is 45.5 Å². The summed E-state index contributed by atoms with van der Waals surface area (Å²) in [5, 5.41) is 34.7. The van der Waals surface area contributed by atoms with Crippen molar-refractivity contribution < 1.29 is 39.6 Å². The number of H-pyrrole nitrogens is 4. The number of aromatic nitrogens is 12. The molecule has 28 heteroatoms. The third-order valence-corrected chi connectivity index (χ3v) is 8.44. The van der Waals surface area contributed by atoms with Crippen LogP contribution in [0.2, 0.25) is 0 Å². The average molecular weight is 1110 g/mol. The lowest BCUT2D eigenvalue weighted by atomic mass is 10.3. The van der Waals surface area contributed by atoms with E-state index >= 15 is 0 Å². The van der Waals surface area contributed by atoms with Crippen LogP contribution in [0, 0.1) is 27.7 Å². The van der Waals surface area contributed by atoms with E-state index in [0.29, 0.717) is 22.7 Å². The summed E-state index contributed by atoms with van der Waals surface area (Å²) < 4.78 is 6.17. The SMILES string of the molecule is Br.Br.Cc1cn(-c2ccc(C(=O)O)[nH]c2=O)cn1.Cc1cn(-c2ccc(C(=O)O)[nH]c2=O)cn1.Cc1cn(-c2ccc(C(=O)O)[nH]c2=O)cn1.Cc1cn(-c2ccc(C(=O)O)[nH]c2=O)cn1.Cl.Cl. The van der Waals surface area contributed by atoms with Gasteiger partial charge < -0.3 is 58.6 Å². The summed E-state index contributed by atoms with van der Waals surface area (Å²) in [6.07, 6.45) is 12.7. The van der Waals surface area contributed by atoms with Crippen molar-refractivity contribution in [1.82, 2.24) is 58.1 Å². The minimum absolute atomic E-state index is 0. The Hall–Kier alpha value is -7.94. The molecule has 8 rings (SSSR count). The maximum atomic E-state index is 11.6. The molecule has 8 aromatic rings. The molecular weight excluding hydrogens is 1070 g/mol. The molecule has 0 saturated carbocycles. The number of nitrogens with zero attached hydrogens (tertiary/aromatic N) is 8. The first-order valence-electron chi connectivity index (χ1n) is 18.2. The van der Waals surface area contributed by atoms with E-state index in [1.165, 1.54) is 73.8 Å². The molecule has 8 aromatic heterocycles. The first-order valence-corrected chi connectivity index (χ1v) is 18.2. The van der Waals surface area contributed by atoms with Gasteiger partial charge in [0.2, 0.25) is 0 Å². The average Bonchev–Trinajstić information content (AvgIpc) is 4.08. The smallest absolute Gasteiger partial charge is 0.352 e. The fourth-order valence-electron chi connectivity index (χ4n) is 5.39. The Balaban J connectivity index is 0.000000445. The Morgan fingerprint density at radius 2 is 0.559 bits per heavy atom. The molecule has 0 amide bonds. The number of carboxylic acid groups (broad SMARTS) is 4. The molecule has 24 nitrogen and oxygen atoms in total. The molecule has 0 spiro atoms. The molecule has 0 aliphatic rings. The molecule has 0 aliphatic carbocycles. The summed E-state index contributed by atoms with van der Waals surface area (Å²) in [4.78, 5) is 114. The van der Waals surface area contributed by atoms with Gasteiger partial charge in [-0.05, 0) is 76.2 Å². The van der Waals surface area contributed by atoms with Crippen LogP contribution in [-0.4, -0.2) is 102 Å². The first-order chi connectivity index (χ1) is 30.3. The molecule has 0 aliphatic heterocycles. The van der Waals surface area contributed by atoms with Crippen LogP contribution in [0.4, 0.5) is 0 Å². The van der Waals surface area contributed by atoms with Gasteiger partial charge in [-0.1, -0.05) is 0 Å². The Kier molecular flexibility index (Phi) is 21.9. The highest BCUT2D eigenvalue weighted by Crippen LogP contribution is 2.07. The van der Waals surface area contributed by atoms with E-state index in [2.05, 4.69) is 39.9 Å². The van der Waals surface area contributed by atoms with Gasteiger partial charge in [0.25, 0.3) is 22.2 Å². The second-order valence-electron chi connectivity index (χ2n) is 13.3. The zero-order valence-corrected chi connectivity index (χ0v) is 40.6. The third-order valence-electron chi connectivity index (χ3n) is 8.44. The Morgan fingerprint density at radius 3 is 0.676 bits per heavy atom. The quantitative estimate of drug-likeness (QED) is 0.105. The van der Waals surface area contributed by atoms with E-state index in [1.807, 2.05) is 0 Å². The predicted octanol–water partition coefficient (Wildman–Crippen LogP) is 4.27. The van der Waals surface area contributed by atoms with Crippen LogP contribution in [0.3, 0.4) is 0 Å². The molecule has 0 bridgehead atoms. The normalized spacial score (nSPS) is 9.71. The van der Waals surface area contributed by atoms with Gasteiger partial charge in [-0.3, -0.25) is 19.2 Å². The summed E-state index contributed by atoms with van der Waals surface area (Å²) in [5.74, 6) is -4.65. The number of aryl methyl sites for hydroxylation is 4. The van der Waals surface area contributed by atoms with Gasteiger partial charge in [-0.2, -0.15) is 0 Å². The first kappa shape index (κ1) is 58.1. The Labute approximate surface area is 414 Å². The Morgan fingerprint density at radius 1 is 0.382 bits per heavy atom. The number of nitrogens with one attached hydrogen (secondary N) is 4. The third kappa shape index (κ3) is 15.1. The molecule has 68 heavy (non-hydrogen) atoms. The van der Waals surface area contributed by atoms with Crippen molar-refractivity contribution in [3.8, 4) is 22.7 Å². The summed E-state index contributed by atoms with van der Waals surface area (Å²) in [7, 11) is 0. The molecule has 0 unspecified atom stereocenters. The maximum Gasteiger partial charge on any atom is 0.352 e. The van der Waals surface area contributed by atoms with Crippen molar-refractivity contribution in [2.75, 3.05) is 0 Å². The standard InChI is InChI=1S/4C10H9N3O3.2BrH.2ClH/c4*1-6-4-13(5-11-6)8-3-2-7(10(15)16)12-9(8)14;;;;/h4*2-5H,1H3,(H,12,14)(H,15,16);4*1H. The van der Waals surface area contributed by atoms with Crippen LogP contribution >= 0.6 is 58.8 Å². The predicted molar refractivity (Wildman–Crippen MR) is 259 cm³/mol. The number of carbonyl (C=O) groups is 4. The maximum absolute atomic E-state index is 11.6. The van der Waals surface area contributed by atoms with Crippen molar-refractivity contribution >= 4 is 82.7 Å². The van der Waals surface area contributed by atoms with Gasteiger partial charge in [0, 0.05) is 24.8 Å².